The number of allylic oxidation sites excluding steroid dienone is 7. The van der Waals surface area contributed by atoms with Gasteiger partial charge in [0.15, 0.2) is 0 Å². The van der Waals surface area contributed by atoms with Gasteiger partial charge in [-0.1, -0.05) is 146 Å². The van der Waals surface area contributed by atoms with Gasteiger partial charge in [-0.2, -0.15) is 0 Å². The Morgan fingerprint density at radius 3 is 1.57 bits per heavy atom. The molecule has 0 fully saturated rings. The van der Waals surface area contributed by atoms with E-state index < -0.39 is 5.97 Å². The molecule has 254 valence electrons. The van der Waals surface area contributed by atoms with Gasteiger partial charge < -0.3 is 9.84 Å². The van der Waals surface area contributed by atoms with Gasteiger partial charge in [0, 0.05) is 12.8 Å². The standard InChI is InChI=1S/C40H70O4/c1-3-5-7-9-11-12-13-14-15-16-17-18-19-20-21-22-23-24-25-27-33-37-40(43)44-38(34-30-26-10-8-6-4-2)35-31-28-29-32-36-39(41)42/h8,10,13-14,16-17,30,34,38H,3-7,9,11-12,15,18-29,31-33,35-37H2,1-2H3,(H,41,42)/b10-8-,14-13-,17-16-,34-30-. The van der Waals surface area contributed by atoms with E-state index in [-0.39, 0.29) is 18.5 Å². The number of aliphatic carboxylic acids is 1. The summed E-state index contributed by atoms with van der Waals surface area (Å²) < 4.78 is 5.81. The van der Waals surface area contributed by atoms with Gasteiger partial charge in [0.05, 0.1) is 0 Å². The highest BCUT2D eigenvalue weighted by Crippen LogP contribution is 2.15. The van der Waals surface area contributed by atoms with Gasteiger partial charge in [0.1, 0.15) is 6.10 Å². The maximum atomic E-state index is 12.5. The number of hydrogen-bond donors (Lipinski definition) is 1. The normalized spacial score (nSPS) is 12.8. The van der Waals surface area contributed by atoms with Crippen LogP contribution < -0.4 is 0 Å². The second-order valence-corrected chi connectivity index (χ2v) is 12.4. The van der Waals surface area contributed by atoms with Gasteiger partial charge in [0.25, 0.3) is 0 Å². The van der Waals surface area contributed by atoms with Crippen molar-refractivity contribution in [3.63, 3.8) is 0 Å². The fourth-order valence-electron chi connectivity index (χ4n) is 5.23. The molecule has 0 rings (SSSR count). The second-order valence-electron chi connectivity index (χ2n) is 12.4. The van der Waals surface area contributed by atoms with Crippen molar-refractivity contribution >= 4 is 11.9 Å². The zero-order valence-corrected chi connectivity index (χ0v) is 29.0. The van der Waals surface area contributed by atoms with E-state index >= 15 is 0 Å². The van der Waals surface area contributed by atoms with Crippen LogP contribution in [0.2, 0.25) is 0 Å². The molecule has 0 aromatic rings. The molecule has 0 bridgehead atoms. The molecule has 1 unspecified atom stereocenters. The largest absolute Gasteiger partial charge is 0.481 e. The molecule has 0 amide bonds. The van der Waals surface area contributed by atoms with Crippen LogP contribution in [-0.4, -0.2) is 23.1 Å². The maximum Gasteiger partial charge on any atom is 0.306 e. The molecule has 44 heavy (non-hydrogen) atoms. The molecule has 0 aliphatic rings. The number of carboxylic acids is 1. The van der Waals surface area contributed by atoms with E-state index in [0.29, 0.717) is 12.8 Å². The zero-order valence-electron chi connectivity index (χ0n) is 29.0. The third-order valence-electron chi connectivity index (χ3n) is 7.99. The lowest BCUT2D eigenvalue weighted by atomic mass is 10.1. The summed E-state index contributed by atoms with van der Waals surface area (Å²) in [4.78, 5) is 23.2. The topological polar surface area (TPSA) is 63.6 Å². The third kappa shape index (κ3) is 34.4. The van der Waals surface area contributed by atoms with Crippen LogP contribution in [0.1, 0.15) is 187 Å². The predicted molar refractivity (Wildman–Crippen MR) is 190 cm³/mol. The maximum absolute atomic E-state index is 12.5. The molecule has 0 spiro atoms. The Morgan fingerprint density at radius 2 is 1.00 bits per heavy atom. The molecule has 0 heterocycles. The van der Waals surface area contributed by atoms with E-state index in [1.807, 2.05) is 6.08 Å². The quantitative estimate of drug-likeness (QED) is 0.0454. The van der Waals surface area contributed by atoms with Crippen LogP contribution in [-0.2, 0) is 14.3 Å². The van der Waals surface area contributed by atoms with Crippen LogP contribution in [0.25, 0.3) is 0 Å². The number of unbranched alkanes of at least 4 members (excludes halogenated alkanes) is 18. The van der Waals surface area contributed by atoms with Crippen LogP contribution in [0.4, 0.5) is 0 Å². The molecular formula is C40H70O4. The van der Waals surface area contributed by atoms with E-state index in [1.165, 1.54) is 89.9 Å². The number of carbonyl (C=O) groups excluding carboxylic acids is 1. The van der Waals surface area contributed by atoms with Gasteiger partial charge in [-0.25, -0.2) is 0 Å². The van der Waals surface area contributed by atoms with Crippen molar-refractivity contribution in [2.45, 2.75) is 193 Å². The Labute approximate surface area is 272 Å². The third-order valence-corrected chi connectivity index (χ3v) is 7.99. The Morgan fingerprint density at radius 1 is 0.523 bits per heavy atom. The summed E-state index contributed by atoms with van der Waals surface area (Å²) in [5, 5.41) is 8.79. The highest BCUT2D eigenvalue weighted by Gasteiger charge is 2.11. The minimum atomic E-state index is -0.729. The summed E-state index contributed by atoms with van der Waals surface area (Å²) in [5.41, 5.74) is 0. The monoisotopic (exact) mass is 615 g/mol. The highest BCUT2D eigenvalue weighted by molar-refractivity contribution is 5.69. The van der Waals surface area contributed by atoms with Crippen molar-refractivity contribution in [1.29, 1.82) is 0 Å². The Balaban J connectivity index is 3.84. The van der Waals surface area contributed by atoms with Crippen molar-refractivity contribution in [3.8, 4) is 0 Å². The van der Waals surface area contributed by atoms with E-state index in [0.717, 1.165) is 64.2 Å². The summed E-state index contributed by atoms with van der Waals surface area (Å²) in [5.74, 6) is -0.817. The summed E-state index contributed by atoms with van der Waals surface area (Å²) in [7, 11) is 0. The van der Waals surface area contributed by atoms with Gasteiger partial charge in [0.2, 0.25) is 0 Å². The fraction of sp³-hybridized carbons (Fsp3) is 0.750. The lowest BCUT2D eigenvalue weighted by Crippen LogP contribution is -2.16. The number of hydrogen-bond acceptors (Lipinski definition) is 3. The number of ether oxygens (including phenoxy) is 1. The number of esters is 1. The van der Waals surface area contributed by atoms with Crippen molar-refractivity contribution in [2.75, 3.05) is 0 Å². The van der Waals surface area contributed by atoms with Gasteiger partial charge in [-0.15, -0.1) is 0 Å². The van der Waals surface area contributed by atoms with Crippen LogP contribution in [0, 0.1) is 0 Å². The summed E-state index contributed by atoms with van der Waals surface area (Å²) >= 11 is 0. The molecule has 4 heteroatoms. The van der Waals surface area contributed by atoms with Crippen LogP contribution >= 0.6 is 0 Å². The SMILES string of the molecule is CCC/C=C\C/C=C\C(CCCCCCC(=O)O)OC(=O)CCCCCCCCCCC/C=C\C/C=C\CCCCCCC. The van der Waals surface area contributed by atoms with Crippen LogP contribution in [0.5, 0.6) is 0 Å². The van der Waals surface area contributed by atoms with E-state index in [1.54, 1.807) is 0 Å². The fourth-order valence-corrected chi connectivity index (χ4v) is 5.23. The average Bonchev–Trinajstić information content (AvgIpc) is 3.01. The van der Waals surface area contributed by atoms with E-state index in [9.17, 15) is 9.59 Å². The van der Waals surface area contributed by atoms with Crippen molar-refractivity contribution in [3.05, 3.63) is 48.6 Å². The van der Waals surface area contributed by atoms with Crippen LogP contribution in [0.15, 0.2) is 48.6 Å². The number of rotatable bonds is 33. The van der Waals surface area contributed by atoms with Crippen molar-refractivity contribution < 1.29 is 19.4 Å². The Bertz CT molecular complexity index is 748. The number of carboxylic acid groups (broad SMARTS) is 1. The first kappa shape index (κ1) is 41.9. The Kier molecular flexibility index (Phi) is 33.7. The molecule has 0 aliphatic carbocycles. The minimum Gasteiger partial charge on any atom is -0.481 e. The molecule has 0 saturated heterocycles. The predicted octanol–water partition coefficient (Wildman–Crippen LogP) is 12.8. The molecule has 1 N–H and O–H groups in total. The molecule has 0 saturated carbocycles. The molecule has 0 aromatic heterocycles. The molecule has 1 atom stereocenters. The smallest absolute Gasteiger partial charge is 0.306 e. The summed E-state index contributed by atoms with van der Waals surface area (Å²) in [6, 6.07) is 0. The first-order chi connectivity index (χ1) is 21.6. The lowest BCUT2D eigenvalue weighted by Gasteiger charge is -2.14. The highest BCUT2D eigenvalue weighted by atomic mass is 16.5. The molecule has 0 aromatic carbocycles. The molecule has 4 nitrogen and oxygen atoms in total. The Hall–Kier alpha value is -2.10. The number of carbonyl (C=O) groups is 2. The van der Waals surface area contributed by atoms with Gasteiger partial charge >= 0.3 is 11.9 Å². The summed E-state index contributed by atoms with van der Waals surface area (Å²) in [6.07, 6.45) is 47.3. The average molecular weight is 615 g/mol. The first-order valence-corrected chi connectivity index (χ1v) is 18.6. The molecule has 0 radical (unpaired) electrons. The van der Waals surface area contributed by atoms with Crippen LogP contribution in [0.3, 0.4) is 0 Å². The summed E-state index contributed by atoms with van der Waals surface area (Å²) in [6.45, 7) is 4.44. The lowest BCUT2D eigenvalue weighted by molar-refractivity contribution is -0.147. The van der Waals surface area contributed by atoms with E-state index in [4.69, 9.17) is 9.84 Å². The minimum absolute atomic E-state index is 0.0880. The van der Waals surface area contributed by atoms with Crippen molar-refractivity contribution in [1.82, 2.24) is 0 Å². The second kappa shape index (κ2) is 35.4. The molecule has 0 aliphatic heterocycles. The van der Waals surface area contributed by atoms with Gasteiger partial charge in [-0.05, 0) is 76.7 Å². The first-order valence-electron chi connectivity index (χ1n) is 18.6. The van der Waals surface area contributed by atoms with Gasteiger partial charge in [-0.3, -0.25) is 9.59 Å². The molecular weight excluding hydrogens is 544 g/mol. The zero-order chi connectivity index (χ0) is 32.2. The van der Waals surface area contributed by atoms with E-state index in [2.05, 4.69) is 56.4 Å². The van der Waals surface area contributed by atoms with Crippen molar-refractivity contribution in [2.24, 2.45) is 0 Å².